The van der Waals surface area contributed by atoms with E-state index >= 15 is 0 Å². The van der Waals surface area contributed by atoms with Crippen LogP contribution in [0.3, 0.4) is 0 Å². The van der Waals surface area contributed by atoms with Gasteiger partial charge >= 0.3 is 0 Å². The van der Waals surface area contributed by atoms with E-state index in [4.69, 9.17) is 14.9 Å². The van der Waals surface area contributed by atoms with Crippen LogP contribution in [0.4, 0.5) is 5.69 Å². The molecule has 0 saturated carbocycles. The average molecular weight is 415 g/mol. The Balaban J connectivity index is 1.67. The summed E-state index contributed by atoms with van der Waals surface area (Å²) in [4.78, 5) is 23.4. The normalized spacial score (nSPS) is 10.7. The van der Waals surface area contributed by atoms with Gasteiger partial charge in [-0.15, -0.1) is 10.2 Å². The number of hydrogen-bond acceptors (Lipinski definition) is 7. The van der Waals surface area contributed by atoms with E-state index < -0.39 is 5.91 Å². The van der Waals surface area contributed by atoms with Crippen LogP contribution in [0, 0.1) is 0 Å². The van der Waals surface area contributed by atoms with Gasteiger partial charge in [-0.1, -0.05) is 17.8 Å². The third-order valence-electron chi connectivity index (χ3n) is 3.97. The van der Waals surface area contributed by atoms with E-state index in [0.717, 1.165) is 0 Å². The van der Waals surface area contributed by atoms with Crippen molar-refractivity contribution in [3.63, 3.8) is 0 Å². The van der Waals surface area contributed by atoms with Crippen molar-refractivity contribution < 1.29 is 18.7 Å². The van der Waals surface area contributed by atoms with Crippen molar-refractivity contribution in [1.29, 1.82) is 0 Å². The number of nitrogens with two attached hydrogens (primary N) is 1. The van der Waals surface area contributed by atoms with E-state index in [9.17, 15) is 9.59 Å². The van der Waals surface area contributed by atoms with Crippen molar-refractivity contribution >= 4 is 29.3 Å². The third-order valence-corrected chi connectivity index (χ3v) is 4.94. The van der Waals surface area contributed by atoms with E-state index in [-0.39, 0.29) is 18.1 Å². The lowest BCUT2D eigenvalue weighted by Crippen LogP contribution is -2.16. The maximum atomic E-state index is 12.3. The fraction of sp³-hybridized carbons (Fsp3) is 0.263. The Labute approximate surface area is 171 Å². The van der Waals surface area contributed by atoms with Gasteiger partial charge in [0.2, 0.25) is 11.8 Å². The number of carbonyl (C=O) groups is 2. The minimum atomic E-state index is -0.413. The van der Waals surface area contributed by atoms with Gasteiger partial charge in [-0.2, -0.15) is 0 Å². The van der Waals surface area contributed by atoms with E-state index in [1.54, 1.807) is 43.7 Å². The van der Waals surface area contributed by atoms with E-state index in [1.165, 1.54) is 11.8 Å². The van der Waals surface area contributed by atoms with Crippen LogP contribution < -0.4 is 15.8 Å². The fourth-order valence-electron chi connectivity index (χ4n) is 2.59. The van der Waals surface area contributed by atoms with Crippen molar-refractivity contribution in [3.05, 3.63) is 54.2 Å². The van der Waals surface area contributed by atoms with Crippen LogP contribution in [-0.2, 0) is 22.6 Å². The predicted molar refractivity (Wildman–Crippen MR) is 108 cm³/mol. The van der Waals surface area contributed by atoms with Gasteiger partial charge in [-0.25, -0.2) is 0 Å². The number of primary amides is 1. The van der Waals surface area contributed by atoms with Crippen LogP contribution in [0.5, 0.6) is 5.75 Å². The van der Waals surface area contributed by atoms with Crippen molar-refractivity contribution in [3.8, 4) is 5.75 Å². The van der Waals surface area contributed by atoms with E-state index in [0.29, 0.717) is 41.1 Å². The number of anilines is 1. The summed E-state index contributed by atoms with van der Waals surface area (Å²) in [6.45, 7) is 0.397. The summed E-state index contributed by atoms with van der Waals surface area (Å²) >= 11 is 1.25. The molecule has 0 atom stereocenters. The number of carbonyl (C=O) groups excluding carboxylic acids is 2. The summed E-state index contributed by atoms with van der Waals surface area (Å²) in [5, 5.41) is 11.7. The number of ether oxygens (including phenoxy) is 1. The number of amides is 2. The Bertz CT molecular complexity index is 971. The van der Waals surface area contributed by atoms with Crippen LogP contribution in [0.1, 0.15) is 18.0 Å². The molecule has 0 unspecified atom stereocenters. The number of rotatable bonds is 10. The molecule has 0 aliphatic carbocycles. The topological polar surface area (TPSA) is 125 Å². The summed E-state index contributed by atoms with van der Waals surface area (Å²) in [5.41, 5.74) is 5.89. The molecule has 0 spiro atoms. The molecule has 3 N–H and O–H groups in total. The standard InChI is InChI=1S/C19H21N5O4S/c1-27-14-5-2-4-13(10-14)21-18(26)12-29-19-23-22-17(8-7-16(20)25)24(19)11-15-6-3-9-28-15/h2-6,9-10H,7-8,11-12H2,1H3,(H2,20,25)(H,21,26). The lowest BCUT2D eigenvalue weighted by atomic mass is 10.3. The highest BCUT2D eigenvalue weighted by molar-refractivity contribution is 7.99. The van der Waals surface area contributed by atoms with Gasteiger partial charge < -0.3 is 20.2 Å². The number of methoxy groups -OCH3 is 1. The Morgan fingerprint density at radius 2 is 2.14 bits per heavy atom. The molecule has 0 aliphatic rings. The predicted octanol–water partition coefficient (Wildman–Crippen LogP) is 2.08. The summed E-state index contributed by atoms with van der Waals surface area (Å²) in [6.07, 6.45) is 2.11. The summed E-state index contributed by atoms with van der Waals surface area (Å²) in [5.74, 6) is 1.53. The fourth-order valence-corrected chi connectivity index (χ4v) is 3.35. The molecule has 3 rings (SSSR count). The van der Waals surface area contributed by atoms with Gasteiger partial charge in [0.05, 0.1) is 25.7 Å². The summed E-state index contributed by atoms with van der Waals surface area (Å²) < 4.78 is 12.4. The molecule has 0 bridgehead atoms. The maximum absolute atomic E-state index is 12.3. The van der Waals surface area contributed by atoms with E-state index in [1.807, 2.05) is 10.6 Å². The number of benzene rings is 1. The number of furan rings is 1. The number of nitrogens with one attached hydrogen (secondary N) is 1. The number of nitrogens with zero attached hydrogens (tertiary/aromatic N) is 3. The average Bonchev–Trinajstić information content (AvgIpc) is 3.35. The molecule has 10 heteroatoms. The highest BCUT2D eigenvalue weighted by atomic mass is 32.2. The van der Waals surface area contributed by atoms with Gasteiger partial charge in [-0.05, 0) is 24.3 Å². The van der Waals surface area contributed by atoms with Gasteiger partial charge in [0.1, 0.15) is 17.3 Å². The van der Waals surface area contributed by atoms with Crippen molar-refractivity contribution in [2.24, 2.45) is 5.73 Å². The molecule has 0 aliphatic heterocycles. The molecule has 9 nitrogen and oxygen atoms in total. The summed E-state index contributed by atoms with van der Waals surface area (Å²) in [6, 6.07) is 10.7. The second-order valence-corrected chi connectivity index (χ2v) is 7.04. The molecule has 0 fully saturated rings. The lowest BCUT2D eigenvalue weighted by Gasteiger charge is -2.09. The number of hydrogen-bond donors (Lipinski definition) is 2. The lowest BCUT2D eigenvalue weighted by molar-refractivity contribution is -0.118. The molecule has 2 aromatic heterocycles. The number of thioether (sulfide) groups is 1. The Hall–Kier alpha value is -3.27. The van der Waals surface area contributed by atoms with Crippen LogP contribution >= 0.6 is 11.8 Å². The van der Waals surface area contributed by atoms with Crippen LogP contribution in [-0.4, -0.2) is 39.4 Å². The Morgan fingerprint density at radius 3 is 2.86 bits per heavy atom. The van der Waals surface area contributed by atoms with Crippen LogP contribution in [0.15, 0.2) is 52.2 Å². The van der Waals surface area contributed by atoms with Gasteiger partial charge in [0, 0.05) is 24.6 Å². The second kappa shape index (κ2) is 9.78. The van der Waals surface area contributed by atoms with E-state index in [2.05, 4.69) is 15.5 Å². The first-order valence-corrected chi connectivity index (χ1v) is 9.83. The molecule has 0 saturated heterocycles. The molecule has 2 amide bonds. The Morgan fingerprint density at radius 1 is 1.28 bits per heavy atom. The molecular weight excluding hydrogens is 394 g/mol. The van der Waals surface area contributed by atoms with Gasteiger partial charge in [-0.3, -0.25) is 14.2 Å². The van der Waals surface area contributed by atoms with Crippen molar-refractivity contribution in [2.45, 2.75) is 24.5 Å². The molecule has 3 aromatic rings. The van der Waals surface area contributed by atoms with Crippen molar-refractivity contribution in [1.82, 2.24) is 14.8 Å². The third kappa shape index (κ3) is 5.85. The minimum Gasteiger partial charge on any atom is -0.497 e. The zero-order valence-electron chi connectivity index (χ0n) is 15.8. The van der Waals surface area contributed by atoms with Gasteiger partial charge in [0.25, 0.3) is 0 Å². The molecule has 1 aromatic carbocycles. The highest BCUT2D eigenvalue weighted by Crippen LogP contribution is 2.21. The Kier molecular flexibility index (Phi) is 6.90. The SMILES string of the molecule is COc1cccc(NC(=O)CSc2nnc(CCC(N)=O)n2Cc2ccco2)c1. The molecule has 152 valence electrons. The number of aromatic nitrogens is 3. The monoisotopic (exact) mass is 415 g/mol. The molecule has 0 radical (unpaired) electrons. The highest BCUT2D eigenvalue weighted by Gasteiger charge is 2.16. The maximum Gasteiger partial charge on any atom is 0.234 e. The molecular formula is C19H21N5O4S. The largest absolute Gasteiger partial charge is 0.497 e. The van der Waals surface area contributed by atoms with Crippen LogP contribution in [0.2, 0.25) is 0 Å². The minimum absolute atomic E-state index is 0.142. The first-order chi connectivity index (χ1) is 14.0. The summed E-state index contributed by atoms with van der Waals surface area (Å²) in [7, 11) is 1.57. The first kappa shape index (κ1) is 20.5. The number of aryl methyl sites for hydroxylation is 1. The zero-order chi connectivity index (χ0) is 20.6. The first-order valence-electron chi connectivity index (χ1n) is 8.84. The smallest absolute Gasteiger partial charge is 0.234 e. The second-order valence-electron chi connectivity index (χ2n) is 6.10. The van der Waals surface area contributed by atoms with Gasteiger partial charge in [0.15, 0.2) is 5.16 Å². The zero-order valence-corrected chi connectivity index (χ0v) is 16.6. The molecule has 29 heavy (non-hydrogen) atoms. The van der Waals surface area contributed by atoms with Crippen molar-refractivity contribution in [2.75, 3.05) is 18.2 Å². The van der Waals surface area contributed by atoms with Crippen LogP contribution in [0.25, 0.3) is 0 Å². The quantitative estimate of drug-likeness (QED) is 0.486. The molecule has 2 heterocycles.